The number of imide groups is 1. The molecule has 0 spiro atoms. The number of benzene rings is 3. The van der Waals surface area contributed by atoms with Crippen LogP contribution in [-0.4, -0.2) is 40.5 Å². The van der Waals surface area contributed by atoms with Crippen LogP contribution >= 0.6 is 0 Å². The average molecular weight is 584 g/mol. The van der Waals surface area contributed by atoms with Gasteiger partial charge in [0.2, 0.25) is 17.7 Å². The van der Waals surface area contributed by atoms with Crippen LogP contribution in [0.5, 0.6) is 0 Å². The number of nitrogens with one attached hydrogen (secondary N) is 3. The van der Waals surface area contributed by atoms with Gasteiger partial charge < -0.3 is 16.0 Å². The monoisotopic (exact) mass is 583 g/mol. The maximum Gasteiger partial charge on any atom is 0.255 e. The molecule has 4 amide bonds. The zero-order chi connectivity index (χ0) is 31.1. The maximum atomic E-state index is 13.8. The molecule has 1 fully saturated rings. The summed E-state index contributed by atoms with van der Waals surface area (Å²) < 4.78 is 0. The van der Waals surface area contributed by atoms with Crippen LogP contribution in [0.4, 0.5) is 5.69 Å². The standard InChI is InChI=1S/C33H37N5O5/c1-20(2)28(30(40)27-21(3)32(42)38(34)33(27)43)37-26(39)19-25(22-13-7-4-8-14-22)36-31(41)29(23-15-9-5-10-16-23)35-24-17-11-6-12-18-24/h4-18,20-21,25,27-29,35H,19,34H2,1-3H3,(H,36,41)(H,37,39)/t21-,25-,27+,28-,29?/m0/s1. The third kappa shape index (κ3) is 7.34. The molecule has 5 atom stereocenters. The summed E-state index contributed by atoms with van der Waals surface area (Å²) in [6.45, 7) is 4.96. The van der Waals surface area contributed by atoms with Gasteiger partial charge in [0.05, 0.1) is 24.4 Å². The van der Waals surface area contributed by atoms with Crippen molar-refractivity contribution in [2.75, 3.05) is 5.32 Å². The van der Waals surface area contributed by atoms with Crippen molar-refractivity contribution in [3.05, 3.63) is 102 Å². The Bertz CT molecular complexity index is 1450. The number of ketones is 1. The van der Waals surface area contributed by atoms with Crippen LogP contribution < -0.4 is 21.8 Å². The lowest BCUT2D eigenvalue weighted by Crippen LogP contribution is -2.50. The minimum atomic E-state index is -1.27. The van der Waals surface area contributed by atoms with E-state index in [4.69, 9.17) is 5.84 Å². The minimum absolute atomic E-state index is 0.171. The first-order valence-corrected chi connectivity index (χ1v) is 14.3. The maximum absolute atomic E-state index is 13.8. The molecule has 0 bridgehead atoms. The van der Waals surface area contributed by atoms with E-state index in [2.05, 4.69) is 16.0 Å². The van der Waals surface area contributed by atoms with E-state index < -0.39 is 53.5 Å². The lowest BCUT2D eigenvalue weighted by atomic mass is 9.85. The van der Waals surface area contributed by atoms with Crippen molar-refractivity contribution in [3.8, 4) is 0 Å². The summed E-state index contributed by atoms with van der Waals surface area (Å²) in [7, 11) is 0. The Balaban J connectivity index is 1.55. The predicted molar refractivity (Wildman–Crippen MR) is 162 cm³/mol. The number of nitrogens with two attached hydrogens (primary N) is 1. The van der Waals surface area contributed by atoms with Gasteiger partial charge in [-0.1, -0.05) is 99.6 Å². The van der Waals surface area contributed by atoms with E-state index in [1.54, 1.807) is 13.8 Å². The first kappa shape index (κ1) is 31.1. The third-order valence-electron chi connectivity index (χ3n) is 7.61. The number of hydrogen-bond acceptors (Lipinski definition) is 7. The molecule has 1 saturated heterocycles. The van der Waals surface area contributed by atoms with Crippen molar-refractivity contribution in [1.29, 1.82) is 0 Å². The molecule has 0 aromatic heterocycles. The second-order valence-corrected chi connectivity index (χ2v) is 11.0. The summed E-state index contributed by atoms with van der Waals surface area (Å²) in [5.41, 5.74) is 2.20. The smallest absolute Gasteiger partial charge is 0.255 e. The van der Waals surface area contributed by atoms with Crippen molar-refractivity contribution in [2.45, 2.75) is 45.3 Å². The Kier molecular flexibility index (Phi) is 10.0. The number of nitrogens with zero attached hydrogens (tertiary/aromatic N) is 1. The summed E-state index contributed by atoms with van der Waals surface area (Å²) >= 11 is 0. The molecule has 43 heavy (non-hydrogen) atoms. The van der Waals surface area contributed by atoms with E-state index >= 15 is 0 Å². The molecule has 1 aliphatic heterocycles. The molecule has 10 nitrogen and oxygen atoms in total. The summed E-state index contributed by atoms with van der Waals surface area (Å²) in [6.07, 6.45) is -0.171. The van der Waals surface area contributed by atoms with Gasteiger partial charge in [0.25, 0.3) is 5.91 Å². The highest BCUT2D eigenvalue weighted by Gasteiger charge is 2.50. The lowest BCUT2D eigenvalue weighted by Gasteiger charge is -2.27. The number of anilines is 1. The normalized spacial score (nSPS) is 18.6. The van der Waals surface area contributed by atoms with E-state index in [9.17, 15) is 24.0 Å². The largest absolute Gasteiger partial charge is 0.370 e. The first-order valence-electron chi connectivity index (χ1n) is 14.3. The number of amides is 4. The molecule has 0 aliphatic carbocycles. The average Bonchev–Trinajstić information content (AvgIpc) is 3.21. The number of carbonyl (C=O) groups excluding carboxylic acids is 5. The van der Waals surface area contributed by atoms with Crippen LogP contribution in [0.2, 0.25) is 0 Å². The Morgan fingerprint density at radius 3 is 1.84 bits per heavy atom. The van der Waals surface area contributed by atoms with Gasteiger partial charge in [-0.15, -0.1) is 0 Å². The number of hydrazine groups is 1. The van der Waals surface area contributed by atoms with Gasteiger partial charge >= 0.3 is 0 Å². The Hall–Kier alpha value is -4.83. The van der Waals surface area contributed by atoms with Crippen molar-refractivity contribution in [3.63, 3.8) is 0 Å². The SMILES string of the molecule is CC(C)[C@H](NC(=O)C[C@H](NC(=O)C(Nc1ccccc1)c1ccccc1)c1ccccc1)C(=O)[C@@H]1C(=O)N(N)C(=O)[C@H]1C. The van der Waals surface area contributed by atoms with Gasteiger partial charge in [-0.2, -0.15) is 0 Å². The third-order valence-corrected chi connectivity index (χ3v) is 7.61. The topological polar surface area (TPSA) is 151 Å². The Morgan fingerprint density at radius 1 is 0.791 bits per heavy atom. The summed E-state index contributed by atoms with van der Waals surface area (Å²) in [5.74, 6) is 0.151. The molecular formula is C33H37N5O5. The quantitative estimate of drug-likeness (QED) is 0.111. The number of rotatable bonds is 12. The Morgan fingerprint density at radius 2 is 1.33 bits per heavy atom. The Labute approximate surface area is 251 Å². The molecule has 1 unspecified atom stereocenters. The summed E-state index contributed by atoms with van der Waals surface area (Å²) in [5, 5.41) is 9.54. The fourth-order valence-electron chi connectivity index (χ4n) is 5.22. The fourth-order valence-corrected chi connectivity index (χ4v) is 5.22. The lowest BCUT2D eigenvalue weighted by molar-refractivity contribution is -0.142. The molecule has 5 N–H and O–H groups in total. The van der Waals surface area contributed by atoms with Crippen LogP contribution in [0, 0.1) is 17.8 Å². The molecule has 224 valence electrons. The zero-order valence-corrected chi connectivity index (χ0v) is 24.4. The van der Waals surface area contributed by atoms with Gasteiger partial charge in [0.15, 0.2) is 5.78 Å². The number of hydrogen-bond donors (Lipinski definition) is 4. The molecule has 1 aliphatic rings. The molecule has 3 aromatic rings. The van der Waals surface area contributed by atoms with E-state index in [1.807, 2.05) is 91.0 Å². The first-order chi connectivity index (χ1) is 20.6. The molecule has 1 heterocycles. The van der Waals surface area contributed by atoms with Crippen molar-refractivity contribution >= 4 is 35.1 Å². The van der Waals surface area contributed by atoms with E-state index in [0.29, 0.717) is 10.6 Å². The van der Waals surface area contributed by atoms with Crippen LogP contribution in [0.1, 0.15) is 50.4 Å². The van der Waals surface area contributed by atoms with Crippen LogP contribution in [0.15, 0.2) is 91.0 Å². The highest BCUT2D eigenvalue weighted by molar-refractivity contribution is 6.16. The van der Waals surface area contributed by atoms with E-state index in [0.717, 1.165) is 11.3 Å². The van der Waals surface area contributed by atoms with Gasteiger partial charge in [-0.25, -0.2) is 10.9 Å². The molecule has 0 saturated carbocycles. The van der Waals surface area contributed by atoms with Crippen molar-refractivity contribution in [1.82, 2.24) is 15.6 Å². The minimum Gasteiger partial charge on any atom is -0.370 e. The number of Topliss-reactive ketones (excluding diaryl/α,β-unsaturated/α-hetero) is 1. The summed E-state index contributed by atoms with van der Waals surface area (Å²) in [6, 6.07) is 25.2. The molecule has 3 aromatic carbocycles. The van der Waals surface area contributed by atoms with E-state index in [-0.39, 0.29) is 18.2 Å². The molecular weight excluding hydrogens is 546 g/mol. The van der Waals surface area contributed by atoms with Gasteiger partial charge in [0, 0.05) is 5.69 Å². The highest BCUT2D eigenvalue weighted by atomic mass is 16.2. The van der Waals surface area contributed by atoms with Gasteiger partial charge in [-0.3, -0.25) is 24.0 Å². The zero-order valence-electron chi connectivity index (χ0n) is 24.4. The predicted octanol–water partition coefficient (Wildman–Crippen LogP) is 3.29. The van der Waals surface area contributed by atoms with Gasteiger partial charge in [-0.05, 0) is 29.2 Å². The molecule has 0 radical (unpaired) electrons. The van der Waals surface area contributed by atoms with Gasteiger partial charge in [0.1, 0.15) is 12.0 Å². The van der Waals surface area contributed by atoms with Crippen LogP contribution in [-0.2, 0) is 24.0 Å². The van der Waals surface area contributed by atoms with Crippen LogP contribution in [0.25, 0.3) is 0 Å². The van der Waals surface area contributed by atoms with E-state index in [1.165, 1.54) is 6.92 Å². The van der Waals surface area contributed by atoms with Crippen molar-refractivity contribution < 1.29 is 24.0 Å². The number of carbonyl (C=O) groups is 5. The van der Waals surface area contributed by atoms with Crippen LogP contribution in [0.3, 0.4) is 0 Å². The fraction of sp³-hybridized carbons (Fsp3) is 0.303. The van der Waals surface area contributed by atoms with Crippen molar-refractivity contribution in [2.24, 2.45) is 23.6 Å². The second-order valence-electron chi connectivity index (χ2n) is 11.0. The molecule has 4 rings (SSSR count). The second kappa shape index (κ2) is 13.9. The summed E-state index contributed by atoms with van der Waals surface area (Å²) in [4.78, 5) is 65.5. The number of para-hydroxylation sites is 1. The highest BCUT2D eigenvalue weighted by Crippen LogP contribution is 2.28. The molecule has 10 heteroatoms.